The van der Waals surface area contributed by atoms with E-state index in [0.717, 1.165) is 12.0 Å². The zero-order valence-electron chi connectivity index (χ0n) is 12.0. The smallest absolute Gasteiger partial charge is 0.250 e. The molecule has 7 nitrogen and oxygen atoms in total. The van der Waals surface area contributed by atoms with Crippen LogP contribution in [0.1, 0.15) is 25.6 Å². The van der Waals surface area contributed by atoms with Crippen LogP contribution in [-0.2, 0) is 13.0 Å². The Kier molecular flexibility index (Phi) is 3.72. The van der Waals surface area contributed by atoms with E-state index in [1.807, 2.05) is 30.3 Å². The molecule has 2 aromatic heterocycles. The molecule has 0 aliphatic heterocycles. The van der Waals surface area contributed by atoms with Crippen LogP contribution in [0.15, 0.2) is 34.9 Å². The molecule has 108 valence electrons. The van der Waals surface area contributed by atoms with Gasteiger partial charge in [-0.1, -0.05) is 49.3 Å². The molecular formula is C14H16N6O. The minimum atomic E-state index is 0.324. The predicted molar refractivity (Wildman–Crippen MR) is 75.2 cm³/mol. The van der Waals surface area contributed by atoms with Crippen molar-refractivity contribution in [2.45, 2.75) is 26.8 Å². The minimum Gasteiger partial charge on any atom is -0.337 e. The summed E-state index contributed by atoms with van der Waals surface area (Å²) in [6.45, 7) is 4.55. The average Bonchev–Trinajstić information content (AvgIpc) is 3.09. The van der Waals surface area contributed by atoms with Gasteiger partial charge in [0, 0.05) is 12.0 Å². The van der Waals surface area contributed by atoms with E-state index in [9.17, 15) is 0 Å². The van der Waals surface area contributed by atoms with Gasteiger partial charge in [-0.25, -0.2) is 0 Å². The van der Waals surface area contributed by atoms with Crippen LogP contribution in [-0.4, -0.2) is 30.3 Å². The highest BCUT2D eigenvalue weighted by molar-refractivity contribution is 5.52. The number of benzene rings is 1. The monoisotopic (exact) mass is 284 g/mol. The van der Waals surface area contributed by atoms with Crippen molar-refractivity contribution in [3.63, 3.8) is 0 Å². The third kappa shape index (κ3) is 3.31. The minimum absolute atomic E-state index is 0.324. The molecule has 0 radical (unpaired) electrons. The zero-order valence-corrected chi connectivity index (χ0v) is 12.0. The average molecular weight is 284 g/mol. The molecule has 0 atom stereocenters. The van der Waals surface area contributed by atoms with E-state index in [4.69, 9.17) is 4.52 Å². The zero-order chi connectivity index (χ0) is 14.7. The van der Waals surface area contributed by atoms with Crippen LogP contribution >= 0.6 is 0 Å². The molecule has 0 unspecified atom stereocenters. The first-order valence-corrected chi connectivity index (χ1v) is 6.85. The maximum Gasteiger partial charge on any atom is 0.250 e. The second-order valence-electron chi connectivity index (χ2n) is 5.21. The summed E-state index contributed by atoms with van der Waals surface area (Å²) in [6, 6.07) is 9.70. The fourth-order valence-electron chi connectivity index (χ4n) is 1.94. The molecule has 0 aliphatic carbocycles. The normalized spacial score (nSPS) is 11.2. The molecule has 0 N–H and O–H groups in total. The lowest BCUT2D eigenvalue weighted by molar-refractivity contribution is 0.351. The lowest BCUT2D eigenvalue weighted by atomic mass is 10.1. The SMILES string of the molecule is CC(C)Cc1noc(Cn2nnc(-c3ccccc3)n2)n1. The van der Waals surface area contributed by atoms with Crippen molar-refractivity contribution in [2.24, 2.45) is 5.92 Å². The molecule has 0 spiro atoms. The van der Waals surface area contributed by atoms with Crippen LogP contribution in [0, 0.1) is 5.92 Å². The van der Waals surface area contributed by atoms with Gasteiger partial charge in [-0.3, -0.25) is 0 Å². The van der Waals surface area contributed by atoms with Gasteiger partial charge in [0.05, 0.1) is 0 Å². The Morgan fingerprint density at radius 3 is 2.76 bits per heavy atom. The van der Waals surface area contributed by atoms with Crippen molar-refractivity contribution < 1.29 is 4.52 Å². The van der Waals surface area contributed by atoms with Crippen LogP contribution in [0.25, 0.3) is 11.4 Å². The third-order valence-corrected chi connectivity index (χ3v) is 2.86. The highest BCUT2D eigenvalue weighted by atomic mass is 16.5. The molecule has 1 aromatic carbocycles. The van der Waals surface area contributed by atoms with Gasteiger partial charge >= 0.3 is 0 Å². The second kappa shape index (κ2) is 5.82. The largest absolute Gasteiger partial charge is 0.337 e. The first-order chi connectivity index (χ1) is 10.2. The molecule has 3 aromatic rings. The number of hydrogen-bond donors (Lipinski definition) is 0. The molecule has 0 aliphatic rings. The standard InChI is InChI=1S/C14H16N6O/c1-10(2)8-12-15-13(21-18-12)9-20-17-14(16-19-20)11-6-4-3-5-7-11/h3-7,10H,8-9H2,1-2H3. The summed E-state index contributed by atoms with van der Waals surface area (Å²) in [5.74, 6) is 2.27. The van der Waals surface area contributed by atoms with Gasteiger partial charge in [0.2, 0.25) is 11.7 Å². The van der Waals surface area contributed by atoms with Crippen LogP contribution in [0.2, 0.25) is 0 Å². The highest BCUT2D eigenvalue weighted by Gasteiger charge is 2.11. The Morgan fingerprint density at radius 1 is 1.19 bits per heavy atom. The summed E-state index contributed by atoms with van der Waals surface area (Å²) in [5.41, 5.74) is 0.926. The van der Waals surface area contributed by atoms with Gasteiger partial charge in [0.25, 0.3) is 0 Å². The Morgan fingerprint density at radius 2 is 2.00 bits per heavy atom. The highest BCUT2D eigenvalue weighted by Crippen LogP contribution is 2.12. The quantitative estimate of drug-likeness (QED) is 0.712. The van der Waals surface area contributed by atoms with Gasteiger partial charge in [-0.2, -0.15) is 9.78 Å². The maximum atomic E-state index is 5.19. The Labute approximate surface area is 122 Å². The fourth-order valence-corrected chi connectivity index (χ4v) is 1.94. The predicted octanol–water partition coefficient (Wildman–Crippen LogP) is 1.97. The number of rotatable bonds is 5. The Balaban J connectivity index is 1.71. The molecule has 2 heterocycles. The van der Waals surface area contributed by atoms with Crippen LogP contribution < -0.4 is 0 Å². The van der Waals surface area contributed by atoms with E-state index in [2.05, 4.69) is 39.4 Å². The van der Waals surface area contributed by atoms with Gasteiger partial charge in [0.15, 0.2) is 5.82 Å². The molecule has 0 bridgehead atoms. The Bertz CT molecular complexity index is 703. The number of hydrogen-bond acceptors (Lipinski definition) is 6. The second-order valence-corrected chi connectivity index (χ2v) is 5.21. The summed E-state index contributed by atoms with van der Waals surface area (Å²) < 4.78 is 5.19. The van der Waals surface area contributed by atoms with Gasteiger partial charge in [-0.05, 0) is 11.1 Å². The molecular weight excluding hydrogens is 268 g/mol. The van der Waals surface area contributed by atoms with E-state index in [-0.39, 0.29) is 0 Å². The van der Waals surface area contributed by atoms with E-state index in [0.29, 0.717) is 30.0 Å². The van der Waals surface area contributed by atoms with Gasteiger partial charge < -0.3 is 4.52 Å². The third-order valence-electron chi connectivity index (χ3n) is 2.86. The molecule has 0 amide bonds. The first-order valence-electron chi connectivity index (χ1n) is 6.85. The molecule has 0 saturated heterocycles. The summed E-state index contributed by atoms with van der Waals surface area (Å²) in [7, 11) is 0. The molecule has 0 saturated carbocycles. The lowest BCUT2D eigenvalue weighted by Gasteiger charge is -1.96. The van der Waals surface area contributed by atoms with E-state index in [1.165, 1.54) is 4.80 Å². The fraction of sp³-hybridized carbons (Fsp3) is 0.357. The van der Waals surface area contributed by atoms with Crippen molar-refractivity contribution in [3.8, 4) is 11.4 Å². The number of nitrogens with zero attached hydrogens (tertiary/aromatic N) is 6. The summed E-state index contributed by atoms with van der Waals surface area (Å²) in [6.07, 6.45) is 0.795. The topological polar surface area (TPSA) is 82.5 Å². The summed E-state index contributed by atoms with van der Waals surface area (Å²) in [4.78, 5) is 5.77. The van der Waals surface area contributed by atoms with Gasteiger partial charge in [-0.15, -0.1) is 10.2 Å². The molecule has 21 heavy (non-hydrogen) atoms. The number of tetrazole rings is 1. The van der Waals surface area contributed by atoms with E-state index >= 15 is 0 Å². The van der Waals surface area contributed by atoms with Crippen molar-refractivity contribution in [2.75, 3.05) is 0 Å². The van der Waals surface area contributed by atoms with Crippen molar-refractivity contribution >= 4 is 0 Å². The molecule has 0 fully saturated rings. The van der Waals surface area contributed by atoms with E-state index in [1.54, 1.807) is 0 Å². The Hall–Kier alpha value is -2.57. The lowest BCUT2D eigenvalue weighted by Crippen LogP contribution is -2.05. The van der Waals surface area contributed by atoms with Crippen LogP contribution in [0.5, 0.6) is 0 Å². The van der Waals surface area contributed by atoms with Crippen molar-refractivity contribution in [1.82, 2.24) is 30.3 Å². The van der Waals surface area contributed by atoms with Crippen LogP contribution in [0.3, 0.4) is 0 Å². The van der Waals surface area contributed by atoms with Crippen molar-refractivity contribution in [3.05, 3.63) is 42.0 Å². The summed E-state index contributed by atoms with van der Waals surface area (Å²) >= 11 is 0. The van der Waals surface area contributed by atoms with E-state index < -0.39 is 0 Å². The number of aromatic nitrogens is 6. The maximum absolute atomic E-state index is 5.19. The van der Waals surface area contributed by atoms with Crippen LogP contribution in [0.4, 0.5) is 0 Å². The van der Waals surface area contributed by atoms with Gasteiger partial charge in [0.1, 0.15) is 6.54 Å². The molecule has 7 heteroatoms. The van der Waals surface area contributed by atoms with Crippen molar-refractivity contribution in [1.29, 1.82) is 0 Å². The molecule has 3 rings (SSSR count). The summed E-state index contributed by atoms with van der Waals surface area (Å²) in [5, 5.41) is 16.3. The first kappa shape index (κ1) is 13.4.